The van der Waals surface area contributed by atoms with Crippen molar-refractivity contribution >= 4 is 0 Å². The molecular formula is C14H23NO2. The molecule has 0 radical (unpaired) electrons. The largest absolute Gasteiger partial charge is 0.472 e. The summed E-state index contributed by atoms with van der Waals surface area (Å²) >= 11 is 0. The highest BCUT2D eigenvalue weighted by atomic mass is 16.3. The maximum atomic E-state index is 10.4. The summed E-state index contributed by atoms with van der Waals surface area (Å²) in [5.74, 6) is 0.765. The van der Waals surface area contributed by atoms with Crippen LogP contribution < -0.4 is 5.32 Å². The zero-order chi connectivity index (χ0) is 12.3. The molecule has 0 aliphatic heterocycles. The summed E-state index contributed by atoms with van der Waals surface area (Å²) < 4.78 is 5.06. The van der Waals surface area contributed by atoms with E-state index in [2.05, 4.69) is 19.2 Å². The Morgan fingerprint density at radius 3 is 2.82 bits per heavy atom. The summed E-state index contributed by atoms with van der Waals surface area (Å²) in [5, 5.41) is 13.8. The van der Waals surface area contributed by atoms with Crippen LogP contribution in [0, 0.1) is 5.92 Å². The van der Waals surface area contributed by atoms with Crippen LogP contribution in [0.15, 0.2) is 23.0 Å². The fourth-order valence-electron chi connectivity index (χ4n) is 2.46. The van der Waals surface area contributed by atoms with E-state index in [0.29, 0.717) is 6.54 Å². The van der Waals surface area contributed by atoms with Gasteiger partial charge in [-0.3, -0.25) is 0 Å². The van der Waals surface area contributed by atoms with Crippen LogP contribution in [0.4, 0.5) is 0 Å². The van der Waals surface area contributed by atoms with Gasteiger partial charge in [-0.05, 0) is 44.6 Å². The Morgan fingerprint density at radius 1 is 1.53 bits per heavy atom. The minimum atomic E-state index is -0.509. The number of nitrogens with one attached hydrogen (secondary N) is 1. The van der Waals surface area contributed by atoms with Gasteiger partial charge in [-0.25, -0.2) is 0 Å². The Morgan fingerprint density at radius 2 is 2.24 bits per heavy atom. The topological polar surface area (TPSA) is 45.4 Å². The first-order valence-corrected chi connectivity index (χ1v) is 6.57. The highest BCUT2D eigenvalue weighted by Crippen LogP contribution is 2.31. The van der Waals surface area contributed by atoms with Gasteiger partial charge < -0.3 is 14.8 Å². The van der Waals surface area contributed by atoms with E-state index in [1.54, 1.807) is 12.5 Å². The second kappa shape index (κ2) is 5.23. The molecule has 1 saturated carbocycles. The number of hydrogen-bond acceptors (Lipinski definition) is 3. The molecule has 0 spiro atoms. The van der Waals surface area contributed by atoms with Crippen LogP contribution in [-0.4, -0.2) is 17.3 Å². The molecule has 1 fully saturated rings. The van der Waals surface area contributed by atoms with Gasteiger partial charge in [-0.15, -0.1) is 0 Å². The average Bonchev–Trinajstić information content (AvgIpc) is 2.84. The van der Waals surface area contributed by atoms with Crippen LogP contribution in [0.3, 0.4) is 0 Å². The van der Waals surface area contributed by atoms with Crippen molar-refractivity contribution in [2.24, 2.45) is 5.92 Å². The van der Waals surface area contributed by atoms with Gasteiger partial charge in [0.05, 0.1) is 18.1 Å². The van der Waals surface area contributed by atoms with E-state index in [9.17, 15) is 5.11 Å². The monoisotopic (exact) mass is 237 g/mol. The second-order valence-corrected chi connectivity index (χ2v) is 5.57. The first-order valence-electron chi connectivity index (χ1n) is 6.57. The summed E-state index contributed by atoms with van der Waals surface area (Å²) in [6.07, 6.45) is 7.55. The molecule has 3 heteroatoms. The predicted molar refractivity (Wildman–Crippen MR) is 67.7 cm³/mol. The van der Waals surface area contributed by atoms with E-state index in [1.165, 1.54) is 0 Å². The summed E-state index contributed by atoms with van der Waals surface area (Å²) in [5.41, 5.74) is 0.627. The van der Waals surface area contributed by atoms with Gasteiger partial charge in [0.2, 0.25) is 0 Å². The maximum Gasteiger partial charge on any atom is 0.0950 e. The minimum absolute atomic E-state index is 0.233. The van der Waals surface area contributed by atoms with Crippen LogP contribution in [0.2, 0.25) is 0 Å². The molecule has 3 nitrogen and oxygen atoms in total. The Labute approximate surface area is 103 Å². The van der Waals surface area contributed by atoms with Gasteiger partial charge in [0.25, 0.3) is 0 Å². The van der Waals surface area contributed by atoms with Crippen LogP contribution in [0.25, 0.3) is 0 Å². The second-order valence-electron chi connectivity index (χ2n) is 5.57. The number of hydrogen-bond donors (Lipinski definition) is 2. The van der Waals surface area contributed by atoms with Crippen molar-refractivity contribution in [3.8, 4) is 0 Å². The Bertz CT molecular complexity index is 326. The summed E-state index contributed by atoms with van der Waals surface area (Å²) in [6.45, 7) is 5.03. The smallest absolute Gasteiger partial charge is 0.0950 e. The normalized spacial score (nSPS) is 31.4. The third-order valence-electron chi connectivity index (χ3n) is 3.99. The lowest BCUT2D eigenvalue weighted by Gasteiger charge is -2.35. The first kappa shape index (κ1) is 12.7. The van der Waals surface area contributed by atoms with Gasteiger partial charge in [0.1, 0.15) is 0 Å². The molecule has 0 aromatic carbocycles. The lowest BCUT2D eigenvalue weighted by atomic mass is 9.79. The molecule has 1 aliphatic carbocycles. The molecule has 1 aromatic heterocycles. The van der Waals surface area contributed by atoms with E-state index in [0.717, 1.165) is 37.2 Å². The molecule has 17 heavy (non-hydrogen) atoms. The van der Waals surface area contributed by atoms with Gasteiger partial charge >= 0.3 is 0 Å². The molecule has 2 rings (SSSR count). The summed E-state index contributed by atoms with van der Waals surface area (Å²) in [7, 11) is 0. The van der Waals surface area contributed by atoms with E-state index in [1.807, 2.05) is 6.07 Å². The fraction of sp³-hybridized carbons (Fsp3) is 0.714. The Balaban J connectivity index is 1.81. The van der Waals surface area contributed by atoms with Gasteiger partial charge in [0, 0.05) is 18.2 Å². The SMILES string of the molecule is CC1CCC(O)(CNC(C)c2ccoc2)CC1. The van der Waals surface area contributed by atoms with Crippen LogP contribution in [-0.2, 0) is 0 Å². The van der Waals surface area contributed by atoms with E-state index in [4.69, 9.17) is 4.42 Å². The van der Waals surface area contributed by atoms with Crippen molar-refractivity contribution in [2.75, 3.05) is 6.54 Å². The van der Waals surface area contributed by atoms with E-state index < -0.39 is 5.60 Å². The summed E-state index contributed by atoms with van der Waals surface area (Å²) in [6, 6.07) is 2.20. The number of rotatable bonds is 4. The van der Waals surface area contributed by atoms with Crippen molar-refractivity contribution in [1.29, 1.82) is 0 Å². The first-order chi connectivity index (χ1) is 8.09. The molecule has 0 saturated heterocycles. The van der Waals surface area contributed by atoms with Crippen LogP contribution in [0.5, 0.6) is 0 Å². The predicted octanol–water partition coefficient (Wildman–Crippen LogP) is 2.87. The molecule has 0 bridgehead atoms. The van der Waals surface area contributed by atoms with Crippen molar-refractivity contribution < 1.29 is 9.52 Å². The van der Waals surface area contributed by atoms with Crippen molar-refractivity contribution in [1.82, 2.24) is 5.32 Å². The summed E-state index contributed by atoms with van der Waals surface area (Å²) in [4.78, 5) is 0. The number of aliphatic hydroxyl groups is 1. The third kappa shape index (κ3) is 3.33. The molecule has 1 aliphatic rings. The zero-order valence-corrected chi connectivity index (χ0v) is 10.8. The van der Waals surface area contributed by atoms with Crippen molar-refractivity contribution in [2.45, 2.75) is 51.2 Å². The van der Waals surface area contributed by atoms with E-state index in [-0.39, 0.29) is 6.04 Å². The minimum Gasteiger partial charge on any atom is -0.472 e. The van der Waals surface area contributed by atoms with Gasteiger partial charge in [-0.2, -0.15) is 0 Å². The highest BCUT2D eigenvalue weighted by Gasteiger charge is 2.31. The van der Waals surface area contributed by atoms with Gasteiger partial charge in [-0.1, -0.05) is 6.92 Å². The van der Waals surface area contributed by atoms with E-state index >= 15 is 0 Å². The van der Waals surface area contributed by atoms with Crippen LogP contribution >= 0.6 is 0 Å². The molecule has 2 N–H and O–H groups in total. The molecule has 1 heterocycles. The molecule has 96 valence electrons. The van der Waals surface area contributed by atoms with Crippen molar-refractivity contribution in [3.05, 3.63) is 24.2 Å². The highest BCUT2D eigenvalue weighted by molar-refractivity contribution is 5.10. The average molecular weight is 237 g/mol. The zero-order valence-electron chi connectivity index (χ0n) is 10.8. The van der Waals surface area contributed by atoms with Crippen LogP contribution in [0.1, 0.15) is 51.1 Å². The van der Waals surface area contributed by atoms with Gasteiger partial charge in [0.15, 0.2) is 0 Å². The molecule has 1 aromatic rings. The lowest BCUT2D eigenvalue weighted by Crippen LogP contribution is -2.43. The number of furan rings is 1. The molecular weight excluding hydrogens is 214 g/mol. The fourth-order valence-corrected chi connectivity index (χ4v) is 2.46. The molecule has 1 unspecified atom stereocenters. The third-order valence-corrected chi connectivity index (χ3v) is 3.99. The molecule has 0 amide bonds. The Hall–Kier alpha value is -0.800. The van der Waals surface area contributed by atoms with Crippen molar-refractivity contribution in [3.63, 3.8) is 0 Å². The quantitative estimate of drug-likeness (QED) is 0.846. The lowest BCUT2D eigenvalue weighted by molar-refractivity contribution is -0.00785. The standard InChI is InChI=1S/C14H23NO2/c1-11-3-6-14(16,7-4-11)10-15-12(2)13-5-8-17-9-13/h5,8-9,11-12,15-16H,3-4,6-7,10H2,1-2H3. The maximum absolute atomic E-state index is 10.4. The Kier molecular flexibility index (Phi) is 3.89. The molecule has 1 atom stereocenters.